The van der Waals surface area contributed by atoms with Gasteiger partial charge < -0.3 is 14.4 Å². The second-order valence-electron chi connectivity index (χ2n) is 8.07. The Balaban J connectivity index is 1.13. The Morgan fingerprint density at radius 2 is 1.77 bits per heavy atom. The molecule has 5 rings (SSSR count). The van der Waals surface area contributed by atoms with Crippen LogP contribution in [-0.4, -0.2) is 72.4 Å². The van der Waals surface area contributed by atoms with Gasteiger partial charge in [0.1, 0.15) is 11.2 Å². The third-order valence-corrected chi connectivity index (χ3v) is 7.29. The first-order chi connectivity index (χ1) is 15.2. The number of piperazine rings is 1. The van der Waals surface area contributed by atoms with Crippen LogP contribution in [0, 0.1) is 5.82 Å². The monoisotopic (exact) mass is 443 g/mol. The van der Waals surface area contributed by atoms with Crippen molar-refractivity contribution in [2.24, 2.45) is 0 Å². The number of benzene rings is 2. The molecule has 31 heavy (non-hydrogen) atoms. The summed E-state index contributed by atoms with van der Waals surface area (Å²) in [6.45, 7) is 5.73. The van der Waals surface area contributed by atoms with E-state index in [4.69, 9.17) is 9.47 Å². The molecular formula is C23H26FN3O3S. The summed E-state index contributed by atoms with van der Waals surface area (Å²) in [5, 5.41) is -0.221. The molecule has 0 bridgehead atoms. The number of fused-ring (bicyclic) bond motifs is 1. The standard InChI is InChI=1S/C23H26FN3O3S/c24-19-4-2-1-3-18(19)23-27(11-12-31-23)22(28)15-26-9-7-25(8-10-26)14-17-5-6-20-21(13-17)30-16-29-20/h1-6,13,23H,7-12,14-16H2/t23-/m0/s1. The number of rotatable bonds is 5. The lowest BCUT2D eigenvalue weighted by molar-refractivity contribution is -0.133. The van der Waals surface area contributed by atoms with Crippen molar-refractivity contribution in [3.05, 3.63) is 59.4 Å². The number of thioether (sulfide) groups is 1. The molecule has 0 spiro atoms. The maximum atomic E-state index is 14.2. The number of halogens is 1. The molecule has 6 nitrogen and oxygen atoms in total. The van der Waals surface area contributed by atoms with Gasteiger partial charge >= 0.3 is 0 Å². The third-order valence-electron chi connectivity index (χ3n) is 6.05. The summed E-state index contributed by atoms with van der Waals surface area (Å²) < 4.78 is 25.1. The van der Waals surface area contributed by atoms with E-state index in [0.717, 1.165) is 50.0 Å². The molecule has 0 aliphatic carbocycles. The van der Waals surface area contributed by atoms with Crippen LogP contribution in [0.25, 0.3) is 0 Å². The molecule has 0 N–H and O–H groups in total. The summed E-state index contributed by atoms with van der Waals surface area (Å²) in [5.41, 5.74) is 1.81. The third kappa shape index (κ3) is 4.51. The number of nitrogens with zero attached hydrogens (tertiary/aromatic N) is 3. The Bertz CT molecular complexity index is 951. The van der Waals surface area contributed by atoms with Crippen LogP contribution in [0.3, 0.4) is 0 Å². The van der Waals surface area contributed by atoms with Gasteiger partial charge in [0.25, 0.3) is 0 Å². The van der Waals surface area contributed by atoms with Crippen molar-refractivity contribution in [3.8, 4) is 11.5 Å². The Morgan fingerprint density at radius 3 is 2.61 bits per heavy atom. The first kappa shape index (κ1) is 20.6. The molecule has 3 aliphatic heterocycles. The van der Waals surface area contributed by atoms with Gasteiger partial charge in [0, 0.05) is 50.6 Å². The van der Waals surface area contributed by atoms with Crippen molar-refractivity contribution in [2.45, 2.75) is 11.9 Å². The fraction of sp³-hybridized carbons (Fsp3) is 0.435. The quantitative estimate of drug-likeness (QED) is 0.708. The molecule has 2 saturated heterocycles. The van der Waals surface area contributed by atoms with Gasteiger partial charge in [0.15, 0.2) is 11.5 Å². The summed E-state index contributed by atoms with van der Waals surface area (Å²) in [7, 11) is 0. The van der Waals surface area contributed by atoms with Crippen LogP contribution in [0.5, 0.6) is 11.5 Å². The zero-order chi connectivity index (χ0) is 21.2. The van der Waals surface area contributed by atoms with Crippen LogP contribution >= 0.6 is 11.8 Å². The number of carbonyl (C=O) groups excluding carboxylic acids is 1. The number of ether oxygens (including phenoxy) is 2. The first-order valence-corrected chi connectivity index (χ1v) is 11.7. The first-order valence-electron chi connectivity index (χ1n) is 10.7. The molecule has 1 atom stereocenters. The van der Waals surface area contributed by atoms with Crippen molar-refractivity contribution in [3.63, 3.8) is 0 Å². The van der Waals surface area contributed by atoms with E-state index in [2.05, 4.69) is 15.9 Å². The van der Waals surface area contributed by atoms with E-state index in [0.29, 0.717) is 25.4 Å². The second kappa shape index (κ2) is 9.06. The van der Waals surface area contributed by atoms with Crippen LogP contribution in [0.4, 0.5) is 4.39 Å². The van der Waals surface area contributed by atoms with E-state index >= 15 is 0 Å². The van der Waals surface area contributed by atoms with E-state index in [1.54, 1.807) is 23.9 Å². The minimum Gasteiger partial charge on any atom is -0.454 e. The van der Waals surface area contributed by atoms with Gasteiger partial charge in [-0.25, -0.2) is 4.39 Å². The van der Waals surface area contributed by atoms with E-state index in [1.807, 2.05) is 23.1 Å². The highest BCUT2D eigenvalue weighted by molar-refractivity contribution is 7.99. The van der Waals surface area contributed by atoms with Crippen molar-refractivity contribution in [1.29, 1.82) is 0 Å². The Labute approximate surface area is 185 Å². The smallest absolute Gasteiger partial charge is 0.237 e. The van der Waals surface area contributed by atoms with Crippen molar-refractivity contribution >= 4 is 17.7 Å². The van der Waals surface area contributed by atoms with Crippen LogP contribution in [-0.2, 0) is 11.3 Å². The molecular weight excluding hydrogens is 417 g/mol. The van der Waals surface area contributed by atoms with Gasteiger partial charge in [0.2, 0.25) is 12.7 Å². The zero-order valence-electron chi connectivity index (χ0n) is 17.3. The van der Waals surface area contributed by atoms with E-state index in [-0.39, 0.29) is 17.1 Å². The predicted octanol–water partition coefficient (Wildman–Crippen LogP) is 2.95. The molecule has 164 valence electrons. The van der Waals surface area contributed by atoms with Gasteiger partial charge in [-0.1, -0.05) is 24.3 Å². The lowest BCUT2D eigenvalue weighted by atomic mass is 10.1. The van der Waals surface area contributed by atoms with Gasteiger partial charge in [-0.05, 0) is 23.8 Å². The van der Waals surface area contributed by atoms with E-state index < -0.39 is 0 Å². The highest BCUT2D eigenvalue weighted by Crippen LogP contribution is 2.39. The summed E-state index contributed by atoms with van der Waals surface area (Å²) in [6, 6.07) is 12.9. The highest BCUT2D eigenvalue weighted by Gasteiger charge is 2.33. The molecule has 2 aromatic rings. The SMILES string of the molecule is O=C(CN1CCN(Cc2ccc3c(c2)OCO3)CC1)N1CCS[C@H]1c1ccccc1F. The summed E-state index contributed by atoms with van der Waals surface area (Å²) in [5.74, 6) is 2.31. The maximum Gasteiger partial charge on any atom is 0.237 e. The fourth-order valence-corrected chi connectivity index (χ4v) is 5.64. The predicted molar refractivity (Wildman–Crippen MR) is 118 cm³/mol. The topological polar surface area (TPSA) is 45.3 Å². The normalized spacial score (nSPS) is 21.6. The van der Waals surface area contributed by atoms with E-state index in [1.165, 1.54) is 11.6 Å². The minimum atomic E-state index is -0.239. The van der Waals surface area contributed by atoms with E-state index in [9.17, 15) is 9.18 Å². The highest BCUT2D eigenvalue weighted by atomic mass is 32.2. The zero-order valence-corrected chi connectivity index (χ0v) is 18.2. The Kier molecular flexibility index (Phi) is 6.02. The van der Waals surface area contributed by atoms with Gasteiger partial charge in [-0.2, -0.15) is 0 Å². The van der Waals surface area contributed by atoms with Crippen molar-refractivity contribution in [1.82, 2.24) is 14.7 Å². The molecule has 2 aromatic carbocycles. The average molecular weight is 444 g/mol. The van der Waals surface area contributed by atoms with Crippen LogP contribution in [0.1, 0.15) is 16.5 Å². The van der Waals surface area contributed by atoms with Crippen LogP contribution in [0.2, 0.25) is 0 Å². The van der Waals surface area contributed by atoms with Gasteiger partial charge in [0.05, 0.1) is 6.54 Å². The number of carbonyl (C=O) groups is 1. The van der Waals surface area contributed by atoms with Crippen molar-refractivity contribution < 1.29 is 18.7 Å². The molecule has 0 unspecified atom stereocenters. The maximum absolute atomic E-state index is 14.2. The lowest BCUT2D eigenvalue weighted by Crippen LogP contribution is -2.49. The van der Waals surface area contributed by atoms with Crippen LogP contribution in [0.15, 0.2) is 42.5 Å². The second-order valence-corrected chi connectivity index (χ2v) is 9.26. The molecule has 0 saturated carbocycles. The molecule has 2 fully saturated rings. The Morgan fingerprint density at radius 1 is 1.00 bits per heavy atom. The molecule has 3 aliphatic rings. The largest absolute Gasteiger partial charge is 0.454 e. The summed E-state index contributed by atoms with van der Waals surface area (Å²) in [4.78, 5) is 19.4. The molecule has 0 radical (unpaired) electrons. The van der Waals surface area contributed by atoms with Gasteiger partial charge in [-0.3, -0.25) is 14.6 Å². The lowest BCUT2D eigenvalue weighted by Gasteiger charge is -2.35. The fourth-order valence-electron chi connectivity index (χ4n) is 4.34. The molecule has 1 amide bonds. The molecule has 0 aromatic heterocycles. The number of hydrogen-bond donors (Lipinski definition) is 0. The summed E-state index contributed by atoms with van der Waals surface area (Å²) >= 11 is 1.64. The molecule has 8 heteroatoms. The Hall–Kier alpha value is -2.29. The number of hydrogen-bond acceptors (Lipinski definition) is 6. The number of amides is 1. The van der Waals surface area contributed by atoms with Crippen molar-refractivity contribution in [2.75, 3.05) is 51.8 Å². The molecule has 3 heterocycles. The average Bonchev–Trinajstić information content (AvgIpc) is 3.45. The minimum absolute atomic E-state index is 0.0856. The van der Waals surface area contributed by atoms with Crippen LogP contribution < -0.4 is 9.47 Å². The summed E-state index contributed by atoms with van der Waals surface area (Å²) in [6.07, 6.45) is 0. The van der Waals surface area contributed by atoms with Gasteiger partial charge in [-0.15, -0.1) is 11.8 Å².